The third-order valence-electron chi connectivity index (χ3n) is 2.68. The number of aryl methyl sites for hydroxylation is 2. The van der Waals surface area contributed by atoms with Crippen molar-refractivity contribution in [3.8, 4) is 0 Å². The Morgan fingerprint density at radius 3 is 2.33 bits per heavy atom. The van der Waals surface area contributed by atoms with Crippen LogP contribution in [0.25, 0.3) is 0 Å². The lowest BCUT2D eigenvalue weighted by molar-refractivity contribution is -0.142. The molecule has 0 radical (unpaired) electrons. The topological polar surface area (TPSA) is 52.1 Å². The van der Waals surface area contributed by atoms with E-state index in [2.05, 4.69) is 9.97 Å². The molecule has 1 unspecified atom stereocenters. The van der Waals surface area contributed by atoms with Gasteiger partial charge in [0.1, 0.15) is 0 Å². The third-order valence-corrected chi connectivity index (χ3v) is 3.64. The number of rotatable bonds is 5. The molecule has 0 aliphatic heterocycles. The van der Waals surface area contributed by atoms with E-state index in [1.165, 1.54) is 11.8 Å². The molecule has 0 aromatic carbocycles. The van der Waals surface area contributed by atoms with E-state index in [0.717, 1.165) is 22.1 Å². The van der Waals surface area contributed by atoms with Crippen molar-refractivity contribution < 1.29 is 9.53 Å². The standard InChI is InChI=1S/C13H20N2O2S/c1-6-17-12(16)7-8(2)18-13-14-10(4)9(3)11(5)15-13/h8H,6-7H2,1-5H3. The molecule has 0 fully saturated rings. The molecular weight excluding hydrogens is 248 g/mol. The molecule has 5 heteroatoms. The second-order valence-corrected chi connectivity index (χ2v) is 5.65. The Bertz CT molecular complexity index is 412. The van der Waals surface area contributed by atoms with Crippen LogP contribution in [0, 0.1) is 20.8 Å². The van der Waals surface area contributed by atoms with Crippen molar-refractivity contribution in [2.75, 3.05) is 6.61 Å². The van der Waals surface area contributed by atoms with Crippen molar-refractivity contribution >= 4 is 17.7 Å². The van der Waals surface area contributed by atoms with Crippen LogP contribution in [-0.4, -0.2) is 27.8 Å². The van der Waals surface area contributed by atoms with Gasteiger partial charge in [0.25, 0.3) is 0 Å². The number of thioether (sulfide) groups is 1. The Hall–Kier alpha value is -1.10. The molecule has 0 N–H and O–H groups in total. The lowest BCUT2D eigenvalue weighted by atomic mass is 10.2. The lowest BCUT2D eigenvalue weighted by Gasteiger charge is -2.11. The van der Waals surface area contributed by atoms with E-state index < -0.39 is 0 Å². The Balaban J connectivity index is 2.65. The summed E-state index contributed by atoms with van der Waals surface area (Å²) in [5.41, 5.74) is 3.11. The first-order valence-electron chi connectivity index (χ1n) is 6.08. The van der Waals surface area contributed by atoms with Crippen LogP contribution in [0.5, 0.6) is 0 Å². The minimum absolute atomic E-state index is 0.116. The average molecular weight is 268 g/mol. The summed E-state index contributed by atoms with van der Waals surface area (Å²) in [6.07, 6.45) is 0.383. The highest BCUT2D eigenvalue weighted by molar-refractivity contribution is 7.99. The fraction of sp³-hybridized carbons (Fsp3) is 0.615. The van der Waals surface area contributed by atoms with Gasteiger partial charge in [0.2, 0.25) is 0 Å². The van der Waals surface area contributed by atoms with Crippen LogP contribution >= 0.6 is 11.8 Å². The van der Waals surface area contributed by atoms with Crippen molar-refractivity contribution in [3.05, 3.63) is 17.0 Å². The minimum Gasteiger partial charge on any atom is -0.466 e. The summed E-state index contributed by atoms with van der Waals surface area (Å²) in [6.45, 7) is 10.2. The van der Waals surface area contributed by atoms with Crippen LogP contribution in [0.1, 0.15) is 37.2 Å². The number of hydrogen-bond acceptors (Lipinski definition) is 5. The number of hydrogen-bond donors (Lipinski definition) is 0. The van der Waals surface area contributed by atoms with Crippen LogP contribution < -0.4 is 0 Å². The van der Waals surface area contributed by atoms with Crippen molar-refractivity contribution in [2.24, 2.45) is 0 Å². The van der Waals surface area contributed by atoms with Gasteiger partial charge in [-0.1, -0.05) is 18.7 Å². The zero-order valence-corrected chi connectivity index (χ0v) is 12.4. The van der Waals surface area contributed by atoms with Gasteiger partial charge in [-0.25, -0.2) is 9.97 Å². The molecule has 1 atom stereocenters. The predicted octanol–water partition coefficient (Wildman–Crippen LogP) is 2.84. The summed E-state index contributed by atoms with van der Waals surface area (Å²) >= 11 is 1.51. The quantitative estimate of drug-likeness (QED) is 0.467. The highest BCUT2D eigenvalue weighted by Crippen LogP contribution is 2.23. The van der Waals surface area contributed by atoms with E-state index in [1.807, 2.05) is 34.6 Å². The molecule has 1 heterocycles. The smallest absolute Gasteiger partial charge is 0.306 e. The summed E-state index contributed by atoms with van der Waals surface area (Å²) < 4.78 is 4.92. The van der Waals surface area contributed by atoms with E-state index in [9.17, 15) is 4.79 Å². The number of carbonyl (C=O) groups excluding carboxylic acids is 1. The van der Waals surface area contributed by atoms with Gasteiger partial charge in [0.15, 0.2) is 5.16 Å². The largest absolute Gasteiger partial charge is 0.466 e. The van der Waals surface area contributed by atoms with Gasteiger partial charge in [-0.05, 0) is 33.3 Å². The monoisotopic (exact) mass is 268 g/mol. The van der Waals surface area contributed by atoms with Gasteiger partial charge in [0, 0.05) is 16.6 Å². The fourth-order valence-electron chi connectivity index (χ4n) is 1.47. The molecule has 0 saturated heterocycles. The summed E-state index contributed by atoms with van der Waals surface area (Å²) in [6, 6.07) is 0. The maximum absolute atomic E-state index is 11.4. The molecule has 100 valence electrons. The summed E-state index contributed by atoms with van der Waals surface area (Å²) in [5, 5.41) is 0.845. The van der Waals surface area contributed by atoms with Crippen LogP contribution in [0.3, 0.4) is 0 Å². The molecular formula is C13H20N2O2S. The van der Waals surface area contributed by atoms with E-state index in [0.29, 0.717) is 13.0 Å². The molecule has 0 amide bonds. The van der Waals surface area contributed by atoms with E-state index in [1.54, 1.807) is 0 Å². The second-order valence-electron chi connectivity index (χ2n) is 4.24. The molecule has 1 aromatic heterocycles. The molecule has 0 aliphatic rings. The van der Waals surface area contributed by atoms with Gasteiger partial charge >= 0.3 is 5.97 Å². The zero-order chi connectivity index (χ0) is 13.7. The number of ether oxygens (including phenoxy) is 1. The normalized spacial score (nSPS) is 12.3. The number of nitrogens with zero attached hydrogens (tertiary/aromatic N) is 2. The molecule has 4 nitrogen and oxygen atoms in total. The van der Waals surface area contributed by atoms with Crippen molar-refractivity contribution in [3.63, 3.8) is 0 Å². The van der Waals surface area contributed by atoms with Gasteiger partial charge in [0.05, 0.1) is 13.0 Å². The molecule has 0 aliphatic carbocycles. The third kappa shape index (κ3) is 4.29. The van der Waals surface area contributed by atoms with Crippen molar-refractivity contribution in [1.82, 2.24) is 9.97 Å². The van der Waals surface area contributed by atoms with Crippen LogP contribution in [0.15, 0.2) is 5.16 Å². The highest BCUT2D eigenvalue weighted by atomic mass is 32.2. The Morgan fingerprint density at radius 2 is 1.83 bits per heavy atom. The molecule has 1 aromatic rings. The summed E-state index contributed by atoms with van der Waals surface area (Å²) in [4.78, 5) is 20.2. The Labute approximate surface area is 113 Å². The van der Waals surface area contributed by atoms with Crippen LogP contribution in [-0.2, 0) is 9.53 Å². The molecule has 0 bridgehead atoms. The van der Waals surface area contributed by atoms with E-state index in [4.69, 9.17) is 4.74 Å². The van der Waals surface area contributed by atoms with Crippen LogP contribution in [0.4, 0.5) is 0 Å². The maximum atomic E-state index is 11.4. The minimum atomic E-state index is -0.168. The second kappa shape index (κ2) is 6.73. The SMILES string of the molecule is CCOC(=O)CC(C)Sc1nc(C)c(C)c(C)n1. The van der Waals surface area contributed by atoms with Gasteiger partial charge in [-0.2, -0.15) is 0 Å². The fourth-order valence-corrected chi connectivity index (χ4v) is 2.43. The molecule has 18 heavy (non-hydrogen) atoms. The number of aromatic nitrogens is 2. The van der Waals surface area contributed by atoms with Crippen molar-refractivity contribution in [1.29, 1.82) is 0 Å². The number of esters is 1. The summed E-state index contributed by atoms with van der Waals surface area (Å²) in [7, 11) is 0. The molecule has 0 spiro atoms. The van der Waals surface area contributed by atoms with Gasteiger partial charge in [-0.15, -0.1) is 0 Å². The van der Waals surface area contributed by atoms with Crippen LogP contribution in [0.2, 0.25) is 0 Å². The predicted molar refractivity (Wildman–Crippen MR) is 72.8 cm³/mol. The van der Waals surface area contributed by atoms with E-state index >= 15 is 0 Å². The molecule has 1 rings (SSSR count). The first-order valence-corrected chi connectivity index (χ1v) is 6.96. The van der Waals surface area contributed by atoms with E-state index in [-0.39, 0.29) is 11.2 Å². The Kier molecular flexibility index (Phi) is 5.59. The highest BCUT2D eigenvalue weighted by Gasteiger charge is 2.14. The maximum Gasteiger partial charge on any atom is 0.306 e. The average Bonchev–Trinajstić information content (AvgIpc) is 2.25. The number of carbonyl (C=O) groups is 1. The van der Waals surface area contributed by atoms with Crippen molar-refractivity contribution in [2.45, 2.75) is 51.4 Å². The molecule has 0 saturated carbocycles. The zero-order valence-electron chi connectivity index (χ0n) is 11.6. The first-order chi connectivity index (χ1) is 8.43. The summed E-state index contributed by atoms with van der Waals surface area (Å²) in [5.74, 6) is -0.168. The Morgan fingerprint density at radius 1 is 1.28 bits per heavy atom. The first kappa shape index (κ1) is 15.0. The lowest BCUT2D eigenvalue weighted by Crippen LogP contribution is -2.11. The van der Waals surface area contributed by atoms with Gasteiger partial charge in [-0.3, -0.25) is 4.79 Å². The van der Waals surface area contributed by atoms with Gasteiger partial charge < -0.3 is 4.74 Å².